The quantitative estimate of drug-likeness (QED) is 0.892. The number of rotatable bonds is 4. The van der Waals surface area contributed by atoms with E-state index in [9.17, 15) is 18.7 Å². The van der Waals surface area contributed by atoms with Crippen molar-refractivity contribution in [2.24, 2.45) is 0 Å². The van der Waals surface area contributed by atoms with Gasteiger partial charge < -0.3 is 10.4 Å². The van der Waals surface area contributed by atoms with Crippen molar-refractivity contribution in [1.82, 2.24) is 5.32 Å². The number of carbonyl (C=O) groups is 1. The van der Waals surface area contributed by atoms with Crippen molar-refractivity contribution in [3.63, 3.8) is 0 Å². The van der Waals surface area contributed by atoms with E-state index in [1.807, 2.05) is 0 Å². The molecular weight excluding hydrogens is 264 g/mol. The summed E-state index contributed by atoms with van der Waals surface area (Å²) in [6.45, 7) is 1.80. The normalized spacial score (nSPS) is 18.8. The molecule has 20 heavy (non-hydrogen) atoms. The summed E-state index contributed by atoms with van der Waals surface area (Å²) in [6, 6.07) is 2.73. The van der Waals surface area contributed by atoms with Gasteiger partial charge in [-0.25, -0.2) is 8.78 Å². The molecular formula is C15H19F2NO2. The average Bonchev–Trinajstić information content (AvgIpc) is 2.85. The van der Waals surface area contributed by atoms with E-state index in [4.69, 9.17) is 0 Å². The fourth-order valence-corrected chi connectivity index (χ4v) is 2.66. The minimum Gasteiger partial charge on any atom is -0.380 e. The standard InChI is InChI=1S/C15H19F2NO2/c1-2-13(11-6-5-10(16)9-12(11)17)18-14(19)15(20)7-3-4-8-15/h5-6,9,13,20H,2-4,7-8H2,1H3,(H,18,19). The third-order valence-corrected chi connectivity index (χ3v) is 3.90. The van der Waals surface area contributed by atoms with E-state index in [0.717, 1.165) is 25.0 Å². The molecule has 1 aromatic rings. The first-order chi connectivity index (χ1) is 9.46. The van der Waals surface area contributed by atoms with Crippen molar-refractivity contribution >= 4 is 5.91 Å². The SMILES string of the molecule is CCC(NC(=O)C1(O)CCCC1)c1ccc(F)cc1F. The minimum atomic E-state index is -1.34. The van der Waals surface area contributed by atoms with Gasteiger partial charge in [-0.1, -0.05) is 13.0 Å². The van der Waals surface area contributed by atoms with Crippen LogP contribution >= 0.6 is 0 Å². The van der Waals surface area contributed by atoms with Crippen molar-refractivity contribution in [1.29, 1.82) is 0 Å². The second-order valence-electron chi connectivity index (χ2n) is 5.34. The number of hydrogen-bond acceptors (Lipinski definition) is 2. The topological polar surface area (TPSA) is 49.3 Å². The van der Waals surface area contributed by atoms with Crippen LogP contribution in [0.3, 0.4) is 0 Å². The molecule has 0 radical (unpaired) electrons. The minimum absolute atomic E-state index is 0.240. The predicted octanol–water partition coefficient (Wildman–Crippen LogP) is 2.84. The molecule has 1 aromatic carbocycles. The molecule has 1 atom stereocenters. The molecule has 3 nitrogen and oxygen atoms in total. The van der Waals surface area contributed by atoms with Gasteiger partial charge in [0.05, 0.1) is 6.04 Å². The molecule has 0 bridgehead atoms. The summed E-state index contributed by atoms with van der Waals surface area (Å²) in [5.41, 5.74) is -1.10. The molecule has 1 aliphatic carbocycles. The molecule has 0 saturated heterocycles. The highest BCUT2D eigenvalue weighted by Gasteiger charge is 2.39. The Kier molecular flexibility index (Phi) is 4.38. The monoisotopic (exact) mass is 283 g/mol. The third-order valence-electron chi connectivity index (χ3n) is 3.90. The van der Waals surface area contributed by atoms with E-state index in [2.05, 4.69) is 5.32 Å². The molecule has 0 aliphatic heterocycles. The van der Waals surface area contributed by atoms with Crippen LogP contribution in [0, 0.1) is 11.6 Å². The van der Waals surface area contributed by atoms with Gasteiger partial charge in [0.15, 0.2) is 0 Å². The zero-order chi connectivity index (χ0) is 14.8. The molecule has 1 aliphatic rings. The summed E-state index contributed by atoms with van der Waals surface area (Å²) in [5.74, 6) is -1.80. The molecule has 110 valence electrons. The van der Waals surface area contributed by atoms with Crippen molar-refractivity contribution in [2.75, 3.05) is 0 Å². The van der Waals surface area contributed by atoms with Gasteiger partial charge in [-0.05, 0) is 38.2 Å². The van der Waals surface area contributed by atoms with Crippen molar-refractivity contribution < 1.29 is 18.7 Å². The predicted molar refractivity (Wildman–Crippen MR) is 71.0 cm³/mol. The third kappa shape index (κ3) is 2.98. The van der Waals surface area contributed by atoms with Gasteiger partial charge >= 0.3 is 0 Å². The van der Waals surface area contributed by atoms with Gasteiger partial charge in [0.25, 0.3) is 5.91 Å². The van der Waals surface area contributed by atoms with Crippen molar-refractivity contribution in [3.8, 4) is 0 Å². The Morgan fingerprint density at radius 1 is 1.40 bits per heavy atom. The number of amides is 1. The average molecular weight is 283 g/mol. The summed E-state index contributed by atoms with van der Waals surface area (Å²) in [7, 11) is 0. The van der Waals surface area contributed by atoms with Gasteiger partial charge in [0.1, 0.15) is 17.2 Å². The van der Waals surface area contributed by atoms with E-state index < -0.39 is 29.2 Å². The first-order valence-corrected chi connectivity index (χ1v) is 6.94. The summed E-state index contributed by atoms with van der Waals surface area (Å²) in [6.07, 6.45) is 2.95. The first kappa shape index (κ1) is 14.9. The molecule has 0 spiro atoms. The fourth-order valence-electron chi connectivity index (χ4n) is 2.66. The Hall–Kier alpha value is -1.49. The Morgan fingerprint density at radius 3 is 2.60 bits per heavy atom. The lowest BCUT2D eigenvalue weighted by atomic mass is 9.98. The van der Waals surface area contributed by atoms with E-state index in [1.165, 1.54) is 6.07 Å². The van der Waals surface area contributed by atoms with Crippen molar-refractivity contribution in [3.05, 3.63) is 35.4 Å². The number of nitrogens with one attached hydrogen (secondary N) is 1. The van der Waals surface area contributed by atoms with Gasteiger partial charge in [0, 0.05) is 11.6 Å². The van der Waals surface area contributed by atoms with E-state index in [0.29, 0.717) is 19.3 Å². The maximum atomic E-state index is 13.8. The highest BCUT2D eigenvalue weighted by atomic mass is 19.1. The molecule has 5 heteroatoms. The molecule has 2 N–H and O–H groups in total. The number of carbonyl (C=O) groups excluding carboxylic acids is 1. The smallest absolute Gasteiger partial charge is 0.252 e. The Balaban J connectivity index is 2.14. The lowest BCUT2D eigenvalue weighted by Crippen LogP contribution is -2.46. The second kappa shape index (κ2) is 5.87. The Bertz CT molecular complexity index is 499. The Morgan fingerprint density at radius 2 is 2.05 bits per heavy atom. The lowest BCUT2D eigenvalue weighted by Gasteiger charge is -2.25. The summed E-state index contributed by atoms with van der Waals surface area (Å²) >= 11 is 0. The molecule has 0 aromatic heterocycles. The molecule has 1 saturated carbocycles. The summed E-state index contributed by atoms with van der Waals surface area (Å²) in [4.78, 5) is 12.1. The molecule has 0 heterocycles. The zero-order valence-corrected chi connectivity index (χ0v) is 11.5. The van der Waals surface area contributed by atoms with Gasteiger partial charge in [-0.3, -0.25) is 4.79 Å². The van der Waals surface area contributed by atoms with Crippen LogP contribution in [0.15, 0.2) is 18.2 Å². The molecule has 2 rings (SSSR count). The van der Waals surface area contributed by atoms with Crippen LogP contribution in [0.2, 0.25) is 0 Å². The fraction of sp³-hybridized carbons (Fsp3) is 0.533. The largest absolute Gasteiger partial charge is 0.380 e. The van der Waals surface area contributed by atoms with Crippen LogP contribution < -0.4 is 5.32 Å². The summed E-state index contributed by atoms with van der Waals surface area (Å²) in [5, 5.41) is 12.9. The van der Waals surface area contributed by atoms with E-state index in [1.54, 1.807) is 6.92 Å². The van der Waals surface area contributed by atoms with Crippen LogP contribution in [-0.2, 0) is 4.79 Å². The first-order valence-electron chi connectivity index (χ1n) is 6.94. The van der Waals surface area contributed by atoms with Crippen LogP contribution in [0.5, 0.6) is 0 Å². The van der Waals surface area contributed by atoms with Crippen molar-refractivity contribution in [2.45, 2.75) is 50.7 Å². The van der Waals surface area contributed by atoms with E-state index >= 15 is 0 Å². The number of aliphatic hydroxyl groups is 1. The number of hydrogen-bond donors (Lipinski definition) is 2. The highest BCUT2D eigenvalue weighted by Crippen LogP contribution is 2.31. The van der Waals surface area contributed by atoms with Crippen LogP contribution in [0.4, 0.5) is 8.78 Å². The Labute approximate surface area is 117 Å². The molecule has 1 unspecified atom stereocenters. The number of halogens is 2. The van der Waals surface area contributed by atoms with Crippen LogP contribution in [-0.4, -0.2) is 16.6 Å². The zero-order valence-electron chi connectivity index (χ0n) is 11.5. The van der Waals surface area contributed by atoms with Crippen LogP contribution in [0.1, 0.15) is 50.6 Å². The van der Waals surface area contributed by atoms with Gasteiger partial charge in [-0.15, -0.1) is 0 Å². The van der Waals surface area contributed by atoms with Gasteiger partial charge in [-0.2, -0.15) is 0 Å². The summed E-state index contributed by atoms with van der Waals surface area (Å²) < 4.78 is 26.7. The number of benzene rings is 1. The molecule has 1 fully saturated rings. The maximum absolute atomic E-state index is 13.8. The van der Waals surface area contributed by atoms with Gasteiger partial charge in [0.2, 0.25) is 0 Å². The second-order valence-corrected chi connectivity index (χ2v) is 5.34. The maximum Gasteiger partial charge on any atom is 0.252 e. The lowest BCUT2D eigenvalue weighted by molar-refractivity contribution is -0.140. The highest BCUT2D eigenvalue weighted by molar-refractivity contribution is 5.85. The van der Waals surface area contributed by atoms with Crippen LogP contribution in [0.25, 0.3) is 0 Å². The molecule has 1 amide bonds. The van der Waals surface area contributed by atoms with E-state index in [-0.39, 0.29) is 5.56 Å².